The van der Waals surface area contributed by atoms with Crippen LogP contribution in [-0.4, -0.2) is 51.3 Å². The molecule has 0 spiro atoms. The zero-order chi connectivity index (χ0) is 19.6. The number of hydrogen-bond donors (Lipinski definition) is 1. The van der Waals surface area contributed by atoms with Gasteiger partial charge in [-0.1, -0.05) is 0 Å². The molecule has 0 aliphatic carbocycles. The smallest absolute Gasteiger partial charge is 0.246 e. The standard InChI is InChI=1S/C17H26N6O3S/c1-4-23-13(2)15(9-20-23)8-18-17(24)14-6-5-7-22(11-14)27(25,26)16-10-19-21(3)12-16/h9-10,12,14H,4-8,11H2,1-3H3,(H,18,24)/t14-/m0/s1. The van der Waals surface area contributed by atoms with Crippen LogP contribution in [0.5, 0.6) is 0 Å². The Labute approximate surface area is 159 Å². The summed E-state index contributed by atoms with van der Waals surface area (Å²) in [6, 6.07) is 0. The summed E-state index contributed by atoms with van der Waals surface area (Å²) in [7, 11) is -1.95. The number of hydrogen-bond acceptors (Lipinski definition) is 5. The molecule has 1 aliphatic heterocycles. The molecular formula is C17H26N6O3S. The van der Waals surface area contributed by atoms with Gasteiger partial charge in [0.1, 0.15) is 4.90 Å². The number of piperidine rings is 1. The maximum atomic E-state index is 12.8. The SMILES string of the molecule is CCn1ncc(CNC(=O)[C@H]2CCCN(S(=O)(=O)c3cnn(C)c3)C2)c1C. The van der Waals surface area contributed by atoms with Crippen molar-refractivity contribution < 1.29 is 13.2 Å². The molecule has 1 atom stereocenters. The Balaban J connectivity index is 1.63. The fourth-order valence-electron chi connectivity index (χ4n) is 3.36. The zero-order valence-electron chi connectivity index (χ0n) is 15.9. The topological polar surface area (TPSA) is 102 Å². The number of nitrogens with one attached hydrogen (secondary N) is 1. The number of nitrogens with zero attached hydrogens (tertiary/aromatic N) is 5. The molecule has 148 valence electrons. The quantitative estimate of drug-likeness (QED) is 0.776. The van der Waals surface area contributed by atoms with Crippen molar-refractivity contribution in [3.8, 4) is 0 Å². The minimum atomic E-state index is -3.62. The Morgan fingerprint density at radius 1 is 1.33 bits per heavy atom. The molecule has 0 bridgehead atoms. The molecule has 0 aromatic carbocycles. The summed E-state index contributed by atoms with van der Waals surface area (Å²) in [5, 5.41) is 11.1. The fraction of sp³-hybridized carbons (Fsp3) is 0.588. The third kappa shape index (κ3) is 4.06. The first kappa shape index (κ1) is 19.6. The largest absolute Gasteiger partial charge is 0.352 e. The van der Waals surface area contributed by atoms with E-state index in [1.807, 2.05) is 18.5 Å². The summed E-state index contributed by atoms with van der Waals surface area (Å²) in [5.41, 5.74) is 2.00. The van der Waals surface area contributed by atoms with Gasteiger partial charge in [0, 0.05) is 50.7 Å². The van der Waals surface area contributed by atoms with E-state index < -0.39 is 10.0 Å². The van der Waals surface area contributed by atoms with Crippen LogP contribution in [-0.2, 0) is 35.0 Å². The van der Waals surface area contributed by atoms with Gasteiger partial charge in [0.05, 0.1) is 18.3 Å². The minimum Gasteiger partial charge on any atom is -0.352 e. The first-order valence-electron chi connectivity index (χ1n) is 9.10. The van der Waals surface area contributed by atoms with Crippen LogP contribution in [0.25, 0.3) is 0 Å². The normalized spacial score (nSPS) is 18.6. The van der Waals surface area contributed by atoms with E-state index in [0.717, 1.165) is 17.8 Å². The van der Waals surface area contributed by atoms with E-state index in [-0.39, 0.29) is 23.3 Å². The molecule has 9 nitrogen and oxygen atoms in total. The maximum Gasteiger partial charge on any atom is 0.246 e. The lowest BCUT2D eigenvalue weighted by molar-refractivity contribution is -0.126. The molecule has 3 heterocycles. The lowest BCUT2D eigenvalue weighted by atomic mass is 9.99. The maximum absolute atomic E-state index is 12.8. The van der Waals surface area contributed by atoms with E-state index in [4.69, 9.17) is 0 Å². The lowest BCUT2D eigenvalue weighted by Crippen LogP contribution is -2.45. The minimum absolute atomic E-state index is 0.121. The first-order chi connectivity index (χ1) is 12.8. The second-order valence-corrected chi connectivity index (χ2v) is 8.78. The van der Waals surface area contributed by atoms with Gasteiger partial charge >= 0.3 is 0 Å². The van der Waals surface area contributed by atoms with E-state index >= 15 is 0 Å². The van der Waals surface area contributed by atoms with Crippen molar-refractivity contribution in [2.75, 3.05) is 13.1 Å². The summed E-state index contributed by atoms with van der Waals surface area (Å²) in [6.45, 7) is 5.78. The summed E-state index contributed by atoms with van der Waals surface area (Å²) < 4.78 is 30.2. The summed E-state index contributed by atoms with van der Waals surface area (Å²) >= 11 is 0. The molecule has 1 N–H and O–H groups in total. The second kappa shape index (κ2) is 7.81. The number of rotatable bonds is 6. The molecule has 27 heavy (non-hydrogen) atoms. The number of carbonyl (C=O) groups is 1. The van der Waals surface area contributed by atoms with E-state index in [2.05, 4.69) is 15.5 Å². The Morgan fingerprint density at radius 3 is 2.74 bits per heavy atom. The van der Waals surface area contributed by atoms with Gasteiger partial charge in [-0.15, -0.1) is 0 Å². The molecule has 0 saturated carbocycles. The second-order valence-electron chi connectivity index (χ2n) is 6.84. The average Bonchev–Trinajstić information content (AvgIpc) is 3.25. The Kier molecular flexibility index (Phi) is 5.66. The number of aryl methyl sites for hydroxylation is 2. The van der Waals surface area contributed by atoms with E-state index in [1.54, 1.807) is 13.2 Å². The van der Waals surface area contributed by atoms with Gasteiger partial charge < -0.3 is 5.32 Å². The number of carbonyl (C=O) groups excluding carboxylic acids is 1. The van der Waals surface area contributed by atoms with Gasteiger partial charge in [-0.2, -0.15) is 14.5 Å². The first-order valence-corrected chi connectivity index (χ1v) is 10.5. The van der Waals surface area contributed by atoms with Crippen molar-refractivity contribution in [2.45, 2.75) is 44.7 Å². The molecular weight excluding hydrogens is 368 g/mol. The highest BCUT2D eigenvalue weighted by Gasteiger charge is 2.33. The van der Waals surface area contributed by atoms with Crippen molar-refractivity contribution >= 4 is 15.9 Å². The van der Waals surface area contributed by atoms with Crippen LogP contribution in [0.1, 0.15) is 31.0 Å². The number of amides is 1. The summed E-state index contributed by atoms with van der Waals surface area (Å²) in [5.74, 6) is -0.476. The predicted molar refractivity (Wildman–Crippen MR) is 99.2 cm³/mol. The molecule has 10 heteroatoms. The Bertz CT molecular complexity index is 917. The third-order valence-electron chi connectivity index (χ3n) is 5.03. The van der Waals surface area contributed by atoms with Crippen LogP contribution >= 0.6 is 0 Å². The van der Waals surface area contributed by atoms with Crippen molar-refractivity contribution in [3.63, 3.8) is 0 Å². The molecule has 0 radical (unpaired) electrons. The Hall–Kier alpha value is -2.20. The highest BCUT2D eigenvalue weighted by atomic mass is 32.2. The number of sulfonamides is 1. The van der Waals surface area contributed by atoms with Crippen LogP contribution in [0.2, 0.25) is 0 Å². The van der Waals surface area contributed by atoms with Gasteiger partial charge in [0.25, 0.3) is 0 Å². The summed E-state index contributed by atoms with van der Waals surface area (Å²) in [4.78, 5) is 12.8. The van der Waals surface area contributed by atoms with Crippen molar-refractivity contribution in [1.82, 2.24) is 29.2 Å². The highest BCUT2D eigenvalue weighted by Crippen LogP contribution is 2.23. The fourth-order valence-corrected chi connectivity index (χ4v) is 4.87. The van der Waals surface area contributed by atoms with Gasteiger partial charge in [-0.3, -0.25) is 14.2 Å². The van der Waals surface area contributed by atoms with Crippen LogP contribution < -0.4 is 5.32 Å². The van der Waals surface area contributed by atoms with E-state index in [9.17, 15) is 13.2 Å². The highest BCUT2D eigenvalue weighted by molar-refractivity contribution is 7.89. The monoisotopic (exact) mass is 394 g/mol. The van der Waals surface area contributed by atoms with Gasteiger partial charge in [0.15, 0.2) is 0 Å². The molecule has 1 fully saturated rings. The predicted octanol–water partition coefficient (Wildman–Crippen LogP) is 0.662. The van der Waals surface area contributed by atoms with Crippen molar-refractivity contribution in [1.29, 1.82) is 0 Å². The number of aromatic nitrogens is 4. The van der Waals surface area contributed by atoms with Crippen LogP contribution in [0.15, 0.2) is 23.5 Å². The van der Waals surface area contributed by atoms with Gasteiger partial charge in [0.2, 0.25) is 15.9 Å². The van der Waals surface area contributed by atoms with E-state index in [0.29, 0.717) is 25.9 Å². The van der Waals surface area contributed by atoms with Crippen molar-refractivity contribution in [3.05, 3.63) is 29.8 Å². The Morgan fingerprint density at radius 2 is 2.11 bits per heavy atom. The molecule has 1 saturated heterocycles. The van der Waals surface area contributed by atoms with Gasteiger partial charge in [-0.05, 0) is 26.7 Å². The molecule has 3 rings (SSSR count). The van der Waals surface area contributed by atoms with Crippen LogP contribution in [0.4, 0.5) is 0 Å². The third-order valence-corrected chi connectivity index (χ3v) is 6.85. The molecule has 1 aliphatic rings. The van der Waals surface area contributed by atoms with Crippen molar-refractivity contribution in [2.24, 2.45) is 13.0 Å². The van der Waals surface area contributed by atoms with Gasteiger partial charge in [-0.25, -0.2) is 8.42 Å². The lowest BCUT2D eigenvalue weighted by Gasteiger charge is -2.30. The van der Waals surface area contributed by atoms with Crippen LogP contribution in [0.3, 0.4) is 0 Å². The molecule has 2 aromatic rings. The molecule has 0 unspecified atom stereocenters. The van der Waals surface area contributed by atoms with E-state index in [1.165, 1.54) is 21.4 Å². The molecule has 2 aromatic heterocycles. The van der Waals surface area contributed by atoms with Crippen LogP contribution in [0, 0.1) is 12.8 Å². The summed E-state index contributed by atoms with van der Waals surface area (Å²) in [6.07, 6.45) is 5.92. The average molecular weight is 395 g/mol. The molecule has 1 amide bonds. The zero-order valence-corrected chi connectivity index (χ0v) is 16.7.